The third kappa shape index (κ3) is 3.11. The number of benzene rings is 1. The average Bonchev–Trinajstić information content (AvgIpc) is 2.87. The monoisotopic (exact) mass is 261 g/mol. The minimum atomic E-state index is 0.365. The highest BCUT2D eigenvalue weighted by Gasteiger charge is 2.38. The van der Waals surface area contributed by atoms with Gasteiger partial charge in [0.05, 0.1) is 7.11 Å². The maximum atomic E-state index is 5.57. The number of hydrogen-bond donors (Lipinski definition) is 1. The van der Waals surface area contributed by atoms with Gasteiger partial charge < -0.3 is 10.1 Å². The molecule has 0 heterocycles. The zero-order chi connectivity index (χ0) is 13.7. The lowest BCUT2D eigenvalue weighted by Crippen LogP contribution is -2.35. The fourth-order valence-corrected chi connectivity index (χ4v) is 3.40. The van der Waals surface area contributed by atoms with Gasteiger partial charge in [-0.05, 0) is 37.3 Å². The highest BCUT2D eigenvalue weighted by Crippen LogP contribution is 2.48. The predicted molar refractivity (Wildman–Crippen MR) is 80.6 cm³/mol. The Hall–Kier alpha value is -1.02. The third-order valence-corrected chi connectivity index (χ3v) is 4.49. The molecule has 0 aliphatic heterocycles. The molecule has 1 aromatic rings. The van der Waals surface area contributed by atoms with Crippen LogP contribution in [0.4, 0.5) is 0 Å². The molecule has 1 atom stereocenters. The van der Waals surface area contributed by atoms with Crippen LogP contribution in [0.1, 0.15) is 57.6 Å². The molecular weight excluding hydrogens is 234 g/mol. The quantitative estimate of drug-likeness (QED) is 0.823. The maximum Gasteiger partial charge on any atom is 0.123 e. The lowest BCUT2D eigenvalue weighted by Gasteiger charge is -2.36. The van der Waals surface area contributed by atoms with E-state index in [9.17, 15) is 0 Å². The summed E-state index contributed by atoms with van der Waals surface area (Å²) in [6, 6.07) is 8.88. The van der Waals surface area contributed by atoms with Gasteiger partial charge in [0.15, 0.2) is 0 Å². The molecular formula is C17H27NO. The van der Waals surface area contributed by atoms with E-state index in [4.69, 9.17) is 4.74 Å². The molecule has 1 aliphatic rings. The van der Waals surface area contributed by atoms with Crippen molar-refractivity contribution in [2.45, 2.75) is 52.0 Å². The van der Waals surface area contributed by atoms with Gasteiger partial charge in [0.25, 0.3) is 0 Å². The highest BCUT2D eigenvalue weighted by molar-refractivity contribution is 5.37. The fourth-order valence-electron chi connectivity index (χ4n) is 3.40. The van der Waals surface area contributed by atoms with Crippen LogP contribution in [0.15, 0.2) is 24.3 Å². The van der Waals surface area contributed by atoms with E-state index in [0.717, 1.165) is 12.3 Å². The molecule has 0 bridgehead atoms. The van der Waals surface area contributed by atoms with Crippen LogP contribution in [0.2, 0.25) is 0 Å². The van der Waals surface area contributed by atoms with Crippen molar-refractivity contribution in [2.24, 2.45) is 5.41 Å². The Morgan fingerprint density at radius 3 is 2.58 bits per heavy atom. The van der Waals surface area contributed by atoms with Gasteiger partial charge in [0.1, 0.15) is 5.75 Å². The van der Waals surface area contributed by atoms with Gasteiger partial charge >= 0.3 is 0 Å². The zero-order valence-electron chi connectivity index (χ0n) is 12.5. The summed E-state index contributed by atoms with van der Waals surface area (Å²) in [5.74, 6) is 1.02. The summed E-state index contributed by atoms with van der Waals surface area (Å²) in [6.07, 6.45) is 6.51. The van der Waals surface area contributed by atoms with Gasteiger partial charge in [0.2, 0.25) is 0 Å². The van der Waals surface area contributed by atoms with Crippen molar-refractivity contribution in [1.29, 1.82) is 0 Å². The first-order valence-corrected chi connectivity index (χ1v) is 7.57. The molecule has 1 saturated carbocycles. The second-order valence-electron chi connectivity index (χ2n) is 5.99. The van der Waals surface area contributed by atoms with Gasteiger partial charge in [-0.2, -0.15) is 0 Å². The standard InChI is InChI=1S/C17H27NO/c1-4-13-18-16(17(2)11-7-8-12-17)14-9-5-6-10-15(14)19-3/h5-6,9-10,16,18H,4,7-8,11-13H2,1-3H3. The van der Waals surface area contributed by atoms with E-state index >= 15 is 0 Å². The van der Waals surface area contributed by atoms with E-state index in [1.165, 1.54) is 37.7 Å². The molecule has 0 saturated heterocycles. The van der Waals surface area contributed by atoms with Gasteiger partial charge in [-0.15, -0.1) is 0 Å². The summed E-state index contributed by atoms with van der Waals surface area (Å²) in [5.41, 5.74) is 1.69. The molecule has 2 rings (SSSR count). The van der Waals surface area contributed by atoms with Crippen molar-refractivity contribution in [3.05, 3.63) is 29.8 Å². The van der Waals surface area contributed by atoms with E-state index in [0.29, 0.717) is 11.5 Å². The van der Waals surface area contributed by atoms with E-state index < -0.39 is 0 Å². The predicted octanol–water partition coefficient (Wildman–Crippen LogP) is 4.32. The normalized spacial score (nSPS) is 19.3. The Kier molecular flexibility index (Phi) is 4.87. The second kappa shape index (κ2) is 6.42. The Balaban J connectivity index is 2.31. The Bertz CT molecular complexity index is 396. The van der Waals surface area contributed by atoms with Gasteiger partial charge in [-0.25, -0.2) is 0 Å². The first-order valence-electron chi connectivity index (χ1n) is 7.57. The molecule has 2 heteroatoms. The summed E-state index contributed by atoms with van der Waals surface area (Å²) < 4.78 is 5.57. The van der Waals surface area contributed by atoms with Crippen molar-refractivity contribution in [2.75, 3.05) is 13.7 Å². The Morgan fingerprint density at radius 2 is 1.95 bits per heavy atom. The SMILES string of the molecule is CCCNC(c1ccccc1OC)C1(C)CCCC1. The van der Waals surface area contributed by atoms with Gasteiger partial charge in [-0.3, -0.25) is 0 Å². The van der Waals surface area contributed by atoms with Crippen LogP contribution in [0.5, 0.6) is 5.75 Å². The van der Waals surface area contributed by atoms with Gasteiger partial charge in [-0.1, -0.05) is 44.9 Å². The topological polar surface area (TPSA) is 21.3 Å². The molecule has 0 aromatic heterocycles. The zero-order valence-corrected chi connectivity index (χ0v) is 12.5. The second-order valence-corrected chi connectivity index (χ2v) is 5.99. The van der Waals surface area contributed by atoms with Crippen LogP contribution >= 0.6 is 0 Å². The van der Waals surface area contributed by atoms with E-state index in [2.05, 4.69) is 43.4 Å². The van der Waals surface area contributed by atoms with Crippen molar-refractivity contribution < 1.29 is 4.74 Å². The van der Waals surface area contributed by atoms with Crippen LogP contribution in [-0.2, 0) is 0 Å². The molecule has 19 heavy (non-hydrogen) atoms. The van der Waals surface area contributed by atoms with Crippen molar-refractivity contribution in [1.82, 2.24) is 5.32 Å². The van der Waals surface area contributed by atoms with E-state index in [1.807, 2.05) is 0 Å². The Labute approximate surface area is 117 Å². The van der Waals surface area contributed by atoms with Gasteiger partial charge in [0, 0.05) is 11.6 Å². The summed E-state index contributed by atoms with van der Waals surface area (Å²) in [6.45, 7) is 5.72. The molecule has 2 nitrogen and oxygen atoms in total. The molecule has 1 aromatic carbocycles. The molecule has 0 radical (unpaired) electrons. The molecule has 106 valence electrons. The minimum Gasteiger partial charge on any atom is -0.496 e. The highest BCUT2D eigenvalue weighted by atomic mass is 16.5. The van der Waals surface area contributed by atoms with E-state index in [1.54, 1.807) is 7.11 Å². The number of hydrogen-bond acceptors (Lipinski definition) is 2. The third-order valence-electron chi connectivity index (χ3n) is 4.49. The summed E-state index contributed by atoms with van der Waals surface area (Å²) in [4.78, 5) is 0. The summed E-state index contributed by atoms with van der Waals surface area (Å²) >= 11 is 0. The molecule has 1 fully saturated rings. The molecule has 1 unspecified atom stereocenters. The van der Waals surface area contributed by atoms with Crippen molar-refractivity contribution in [3.8, 4) is 5.75 Å². The first kappa shape index (κ1) is 14.4. The van der Waals surface area contributed by atoms with Crippen LogP contribution in [0, 0.1) is 5.41 Å². The minimum absolute atomic E-state index is 0.365. The molecule has 0 amide bonds. The van der Waals surface area contributed by atoms with Crippen LogP contribution < -0.4 is 10.1 Å². The summed E-state index contributed by atoms with van der Waals surface area (Å²) in [5, 5.41) is 3.76. The number of methoxy groups -OCH3 is 1. The molecule has 1 aliphatic carbocycles. The summed E-state index contributed by atoms with van der Waals surface area (Å²) in [7, 11) is 1.77. The van der Waals surface area contributed by atoms with Crippen molar-refractivity contribution in [3.63, 3.8) is 0 Å². The fraction of sp³-hybridized carbons (Fsp3) is 0.647. The van der Waals surface area contributed by atoms with Crippen LogP contribution in [0.3, 0.4) is 0 Å². The molecule has 1 N–H and O–H groups in total. The smallest absolute Gasteiger partial charge is 0.123 e. The van der Waals surface area contributed by atoms with E-state index in [-0.39, 0.29) is 0 Å². The van der Waals surface area contributed by atoms with Crippen LogP contribution in [-0.4, -0.2) is 13.7 Å². The lowest BCUT2D eigenvalue weighted by atomic mass is 9.77. The number of nitrogens with one attached hydrogen (secondary N) is 1. The van der Waals surface area contributed by atoms with Crippen molar-refractivity contribution >= 4 is 0 Å². The number of ether oxygens (including phenoxy) is 1. The van der Waals surface area contributed by atoms with Crippen LogP contribution in [0.25, 0.3) is 0 Å². The first-order chi connectivity index (χ1) is 9.21. The largest absolute Gasteiger partial charge is 0.496 e. The maximum absolute atomic E-state index is 5.57. The number of para-hydroxylation sites is 1. The Morgan fingerprint density at radius 1 is 1.26 bits per heavy atom. The lowest BCUT2D eigenvalue weighted by molar-refractivity contribution is 0.219. The average molecular weight is 261 g/mol. The molecule has 0 spiro atoms. The number of rotatable bonds is 6.